The number of benzene rings is 2. The topological polar surface area (TPSA) is 26.3 Å². The third-order valence-corrected chi connectivity index (χ3v) is 3.55. The van der Waals surface area contributed by atoms with Crippen molar-refractivity contribution in [2.45, 2.75) is 0 Å². The van der Waals surface area contributed by atoms with E-state index in [2.05, 4.69) is 0 Å². The number of carbonyl (C=O) groups excluding carboxylic acids is 1. The van der Waals surface area contributed by atoms with Crippen LogP contribution in [0.25, 0.3) is 10.1 Å². The molecule has 0 amide bonds. The fourth-order valence-electron chi connectivity index (χ4n) is 1.79. The molecule has 1 heterocycles. The van der Waals surface area contributed by atoms with Gasteiger partial charge in [0, 0.05) is 10.1 Å². The van der Waals surface area contributed by atoms with E-state index in [1.807, 2.05) is 47.8 Å². The van der Waals surface area contributed by atoms with Crippen molar-refractivity contribution in [3.8, 4) is 5.75 Å². The van der Waals surface area contributed by atoms with Gasteiger partial charge in [-0.05, 0) is 35.7 Å². The maximum Gasteiger partial charge on any atom is 0.343 e. The van der Waals surface area contributed by atoms with Crippen LogP contribution < -0.4 is 4.74 Å². The zero-order valence-corrected chi connectivity index (χ0v) is 10.3. The van der Waals surface area contributed by atoms with Crippen LogP contribution in [-0.4, -0.2) is 5.97 Å². The predicted molar refractivity (Wildman–Crippen MR) is 73.2 cm³/mol. The number of esters is 1. The van der Waals surface area contributed by atoms with E-state index in [0.29, 0.717) is 11.3 Å². The van der Waals surface area contributed by atoms with E-state index in [0.717, 1.165) is 10.1 Å². The number of fused-ring (bicyclic) bond motifs is 1. The van der Waals surface area contributed by atoms with Crippen LogP contribution in [0.1, 0.15) is 10.4 Å². The van der Waals surface area contributed by atoms with Gasteiger partial charge in [0.2, 0.25) is 0 Å². The second-order valence-corrected chi connectivity index (χ2v) is 4.79. The maximum absolute atomic E-state index is 12.0. The van der Waals surface area contributed by atoms with Gasteiger partial charge in [-0.3, -0.25) is 0 Å². The highest BCUT2D eigenvalue weighted by Gasteiger charge is 2.10. The summed E-state index contributed by atoms with van der Waals surface area (Å²) in [5, 5.41) is 2.97. The molecular formula is C15H10O2S. The molecule has 0 aliphatic carbocycles. The molecule has 3 heteroatoms. The largest absolute Gasteiger partial charge is 0.422 e. The van der Waals surface area contributed by atoms with Gasteiger partial charge in [0.15, 0.2) is 0 Å². The smallest absolute Gasteiger partial charge is 0.343 e. The number of rotatable bonds is 2. The lowest BCUT2D eigenvalue weighted by Gasteiger charge is -2.05. The standard InChI is InChI=1S/C15H10O2S/c16-15(11-5-2-1-3-6-11)17-13-7-4-8-14-12(13)9-10-18-14/h1-10H. The Morgan fingerprint density at radius 2 is 1.78 bits per heavy atom. The number of hydrogen-bond acceptors (Lipinski definition) is 3. The van der Waals surface area contributed by atoms with Crippen LogP contribution in [0.15, 0.2) is 60.0 Å². The van der Waals surface area contributed by atoms with Crippen molar-refractivity contribution in [1.82, 2.24) is 0 Å². The van der Waals surface area contributed by atoms with Crippen LogP contribution in [0.5, 0.6) is 5.75 Å². The molecule has 0 aliphatic heterocycles. The highest BCUT2D eigenvalue weighted by molar-refractivity contribution is 7.17. The second-order valence-electron chi connectivity index (χ2n) is 3.84. The van der Waals surface area contributed by atoms with Crippen LogP contribution in [-0.2, 0) is 0 Å². The molecule has 88 valence electrons. The summed E-state index contributed by atoms with van der Waals surface area (Å²) < 4.78 is 6.56. The molecule has 2 aromatic carbocycles. The lowest BCUT2D eigenvalue weighted by molar-refractivity contribution is 0.0737. The summed E-state index contributed by atoms with van der Waals surface area (Å²) in [7, 11) is 0. The van der Waals surface area contributed by atoms with E-state index in [9.17, 15) is 4.79 Å². The van der Waals surface area contributed by atoms with Crippen molar-refractivity contribution in [3.63, 3.8) is 0 Å². The average Bonchev–Trinajstić information content (AvgIpc) is 2.89. The summed E-state index contributed by atoms with van der Waals surface area (Å²) in [6, 6.07) is 16.7. The number of hydrogen-bond donors (Lipinski definition) is 0. The normalized spacial score (nSPS) is 10.4. The summed E-state index contributed by atoms with van der Waals surface area (Å²) in [5.41, 5.74) is 0.560. The van der Waals surface area contributed by atoms with Crippen LogP contribution in [0, 0.1) is 0 Å². The Hall–Kier alpha value is -2.13. The van der Waals surface area contributed by atoms with Crippen LogP contribution in [0.4, 0.5) is 0 Å². The minimum Gasteiger partial charge on any atom is -0.422 e. The fraction of sp³-hybridized carbons (Fsp3) is 0. The SMILES string of the molecule is O=C(Oc1cccc2sccc12)c1ccccc1. The molecular weight excluding hydrogens is 244 g/mol. The van der Waals surface area contributed by atoms with Crippen molar-refractivity contribution >= 4 is 27.4 Å². The highest BCUT2D eigenvalue weighted by atomic mass is 32.1. The van der Waals surface area contributed by atoms with Crippen molar-refractivity contribution in [2.75, 3.05) is 0 Å². The Labute approximate surface area is 108 Å². The lowest BCUT2D eigenvalue weighted by Crippen LogP contribution is -2.08. The summed E-state index contributed by atoms with van der Waals surface area (Å²) in [6.07, 6.45) is 0. The van der Waals surface area contributed by atoms with Crippen molar-refractivity contribution in [1.29, 1.82) is 0 Å². The Bertz CT molecular complexity index is 686. The Balaban J connectivity index is 1.93. The third-order valence-electron chi connectivity index (χ3n) is 2.67. The molecule has 0 radical (unpaired) electrons. The zero-order chi connectivity index (χ0) is 12.4. The summed E-state index contributed by atoms with van der Waals surface area (Å²) in [6.45, 7) is 0. The van der Waals surface area contributed by atoms with Gasteiger partial charge in [0.1, 0.15) is 5.75 Å². The lowest BCUT2D eigenvalue weighted by atomic mass is 10.2. The van der Waals surface area contributed by atoms with Crippen LogP contribution >= 0.6 is 11.3 Å². The highest BCUT2D eigenvalue weighted by Crippen LogP contribution is 2.29. The van der Waals surface area contributed by atoms with Gasteiger partial charge in [-0.2, -0.15) is 0 Å². The molecule has 0 saturated heterocycles. The van der Waals surface area contributed by atoms with Gasteiger partial charge in [0.25, 0.3) is 0 Å². The molecule has 18 heavy (non-hydrogen) atoms. The van der Waals surface area contributed by atoms with Crippen molar-refractivity contribution in [2.24, 2.45) is 0 Å². The van der Waals surface area contributed by atoms with Gasteiger partial charge in [0.05, 0.1) is 5.56 Å². The zero-order valence-electron chi connectivity index (χ0n) is 9.50. The van der Waals surface area contributed by atoms with E-state index >= 15 is 0 Å². The number of thiophene rings is 1. The molecule has 0 aliphatic rings. The Morgan fingerprint density at radius 1 is 0.944 bits per heavy atom. The molecule has 3 aromatic rings. The van der Waals surface area contributed by atoms with Gasteiger partial charge in [-0.15, -0.1) is 11.3 Å². The first-order valence-corrected chi connectivity index (χ1v) is 6.46. The first kappa shape index (κ1) is 11.0. The Morgan fingerprint density at radius 3 is 2.61 bits per heavy atom. The van der Waals surface area contributed by atoms with Crippen LogP contribution in [0.2, 0.25) is 0 Å². The van der Waals surface area contributed by atoms with E-state index in [1.165, 1.54) is 0 Å². The van der Waals surface area contributed by atoms with Gasteiger partial charge in [-0.1, -0.05) is 24.3 Å². The average molecular weight is 254 g/mol. The monoisotopic (exact) mass is 254 g/mol. The van der Waals surface area contributed by atoms with Gasteiger partial charge in [-0.25, -0.2) is 4.79 Å². The minimum absolute atomic E-state index is 0.325. The molecule has 0 atom stereocenters. The minimum atomic E-state index is -0.325. The van der Waals surface area contributed by atoms with E-state index in [-0.39, 0.29) is 5.97 Å². The third kappa shape index (κ3) is 2.00. The fourth-order valence-corrected chi connectivity index (χ4v) is 2.59. The number of carbonyl (C=O) groups is 1. The molecule has 0 N–H and O–H groups in total. The first-order chi connectivity index (χ1) is 8.84. The summed E-state index contributed by atoms with van der Waals surface area (Å²) >= 11 is 1.63. The quantitative estimate of drug-likeness (QED) is 0.508. The molecule has 0 fully saturated rings. The molecule has 1 aromatic heterocycles. The van der Waals surface area contributed by atoms with Crippen molar-refractivity contribution < 1.29 is 9.53 Å². The predicted octanol–water partition coefficient (Wildman–Crippen LogP) is 4.12. The maximum atomic E-state index is 12.0. The van der Waals surface area contributed by atoms with Gasteiger partial charge < -0.3 is 4.74 Å². The van der Waals surface area contributed by atoms with E-state index < -0.39 is 0 Å². The van der Waals surface area contributed by atoms with Crippen LogP contribution in [0.3, 0.4) is 0 Å². The van der Waals surface area contributed by atoms with E-state index in [1.54, 1.807) is 23.5 Å². The van der Waals surface area contributed by atoms with Crippen molar-refractivity contribution in [3.05, 3.63) is 65.5 Å². The molecule has 0 bridgehead atoms. The second kappa shape index (κ2) is 4.63. The molecule has 0 saturated carbocycles. The number of ether oxygens (including phenoxy) is 1. The summed E-state index contributed by atoms with van der Waals surface area (Å²) in [5.74, 6) is 0.289. The van der Waals surface area contributed by atoms with E-state index in [4.69, 9.17) is 4.74 Å². The molecule has 2 nitrogen and oxygen atoms in total. The molecule has 0 unspecified atom stereocenters. The van der Waals surface area contributed by atoms with Gasteiger partial charge >= 0.3 is 5.97 Å². The summed E-state index contributed by atoms with van der Waals surface area (Å²) in [4.78, 5) is 12.0. The first-order valence-electron chi connectivity index (χ1n) is 5.58. The molecule has 3 rings (SSSR count). The Kier molecular flexibility index (Phi) is 2.82. The molecule has 0 spiro atoms.